The lowest BCUT2D eigenvalue weighted by Gasteiger charge is -2.32. The minimum atomic E-state index is 0.454. The average Bonchev–Trinajstić information content (AvgIpc) is 3.16. The maximum Gasteiger partial charge on any atom is 0.0998 e. The van der Waals surface area contributed by atoms with Crippen molar-refractivity contribution >= 4 is 17.4 Å². The molecule has 2 aromatic heterocycles. The number of rotatable bonds is 3. The van der Waals surface area contributed by atoms with Crippen molar-refractivity contribution < 1.29 is 0 Å². The summed E-state index contributed by atoms with van der Waals surface area (Å²) in [6, 6.07) is 14.0. The molecule has 0 radical (unpaired) electrons. The second-order valence-electron chi connectivity index (χ2n) is 7.41. The third kappa shape index (κ3) is 3.46. The Balaban J connectivity index is 1.58. The average molecular weight is 371 g/mol. The molecule has 3 aromatic rings. The maximum atomic E-state index is 9.29. The molecule has 1 aromatic carbocycles. The lowest BCUT2D eigenvalue weighted by Crippen LogP contribution is -2.23. The zero-order valence-corrected chi connectivity index (χ0v) is 16.4. The molecule has 0 aliphatic heterocycles. The Bertz CT molecular complexity index is 1010. The second kappa shape index (κ2) is 7.50. The van der Waals surface area contributed by atoms with E-state index in [1.807, 2.05) is 53.9 Å². The van der Waals surface area contributed by atoms with Gasteiger partial charge in [-0.1, -0.05) is 44.2 Å². The number of aromatic nitrogens is 1. The molecule has 4 rings (SSSR count). The second-order valence-corrected chi connectivity index (χ2v) is 8.15. The fourth-order valence-electron chi connectivity index (χ4n) is 3.94. The van der Waals surface area contributed by atoms with Crippen molar-refractivity contribution in [2.24, 2.45) is 11.8 Å². The lowest BCUT2D eigenvalue weighted by molar-refractivity contribution is 0.333. The van der Waals surface area contributed by atoms with Crippen LogP contribution in [0.4, 0.5) is 0 Å². The Labute approximate surface area is 164 Å². The van der Waals surface area contributed by atoms with Gasteiger partial charge >= 0.3 is 0 Å². The zero-order chi connectivity index (χ0) is 18.8. The summed E-state index contributed by atoms with van der Waals surface area (Å²) in [6.45, 7) is 4.71. The maximum absolute atomic E-state index is 9.29. The van der Waals surface area contributed by atoms with Crippen molar-refractivity contribution in [3.63, 3.8) is 0 Å². The van der Waals surface area contributed by atoms with Crippen molar-refractivity contribution in [3.05, 3.63) is 81.8 Å². The lowest BCUT2D eigenvalue weighted by atomic mass is 9.72. The summed E-state index contributed by atoms with van der Waals surface area (Å²) >= 11 is 1.81. The van der Waals surface area contributed by atoms with Gasteiger partial charge < -0.3 is 0 Å². The van der Waals surface area contributed by atoms with Crippen LogP contribution in [0.1, 0.15) is 42.1 Å². The van der Waals surface area contributed by atoms with Gasteiger partial charge in [-0.05, 0) is 58.4 Å². The van der Waals surface area contributed by atoms with E-state index in [0.717, 1.165) is 16.8 Å². The van der Waals surface area contributed by atoms with Crippen molar-refractivity contribution in [3.8, 4) is 17.2 Å². The van der Waals surface area contributed by atoms with Gasteiger partial charge in [0.05, 0.1) is 17.3 Å². The number of fused-ring (bicyclic) bond motifs is 1. The van der Waals surface area contributed by atoms with E-state index in [-0.39, 0.29) is 0 Å². The van der Waals surface area contributed by atoms with Crippen LogP contribution in [0.3, 0.4) is 0 Å². The Morgan fingerprint density at radius 1 is 1.15 bits per heavy atom. The molecule has 0 saturated carbocycles. The molecule has 0 bridgehead atoms. The van der Waals surface area contributed by atoms with Crippen LogP contribution in [0.25, 0.3) is 17.2 Å². The van der Waals surface area contributed by atoms with E-state index < -0.39 is 0 Å². The molecular weight excluding hydrogens is 348 g/mol. The van der Waals surface area contributed by atoms with Crippen LogP contribution >= 0.6 is 11.3 Å². The first-order valence-corrected chi connectivity index (χ1v) is 10.3. The fraction of sp³-hybridized carbons (Fsp3) is 0.250. The molecule has 0 spiro atoms. The number of pyridine rings is 1. The third-order valence-corrected chi connectivity index (χ3v) is 6.57. The molecule has 2 nitrogen and oxygen atoms in total. The molecule has 27 heavy (non-hydrogen) atoms. The van der Waals surface area contributed by atoms with Gasteiger partial charge in [0.15, 0.2) is 0 Å². The minimum absolute atomic E-state index is 0.454. The van der Waals surface area contributed by atoms with E-state index in [4.69, 9.17) is 0 Å². The fourth-order valence-corrected chi connectivity index (χ4v) is 4.86. The number of nitriles is 1. The van der Waals surface area contributed by atoms with Gasteiger partial charge in [0.2, 0.25) is 0 Å². The number of thiophene rings is 1. The van der Waals surface area contributed by atoms with Crippen molar-refractivity contribution in [1.29, 1.82) is 5.26 Å². The molecule has 0 N–H and O–H groups in total. The molecule has 3 unspecified atom stereocenters. The molecule has 2 heterocycles. The first-order valence-electron chi connectivity index (χ1n) is 9.36. The highest BCUT2D eigenvalue weighted by Gasteiger charge is 2.30. The van der Waals surface area contributed by atoms with Crippen LogP contribution in [0.2, 0.25) is 0 Å². The summed E-state index contributed by atoms with van der Waals surface area (Å²) < 4.78 is 0. The Morgan fingerprint density at radius 2 is 2.00 bits per heavy atom. The summed E-state index contributed by atoms with van der Waals surface area (Å²) in [7, 11) is 0. The van der Waals surface area contributed by atoms with Gasteiger partial charge in [0.1, 0.15) is 0 Å². The highest BCUT2D eigenvalue weighted by molar-refractivity contribution is 7.08. The summed E-state index contributed by atoms with van der Waals surface area (Å²) in [5, 5.41) is 13.9. The van der Waals surface area contributed by atoms with E-state index in [1.54, 1.807) is 0 Å². The van der Waals surface area contributed by atoms with Crippen LogP contribution in [0.15, 0.2) is 59.4 Å². The van der Waals surface area contributed by atoms with Gasteiger partial charge in [-0.25, -0.2) is 0 Å². The Morgan fingerprint density at radius 3 is 2.78 bits per heavy atom. The monoisotopic (exact) mass is 370 g/mol. The number of benzene rings is 1. The Kier molecular flexibility index (Phi) is 4.92. The SMILES string of the molecule is CC1Cc2cscc2C(/C=C/c2ccc(-c3ccccc3C#N)cn2)C1C. The molecule has 3 atom stereocenters. The van der Waals surface area contributed by atoms with E-state index in [9.17, 15) is 5.26 Å². The van der Waals surface area contributed by atoms with E-state index >= 15 is 0 Å². The topological polar surface area (TPSA) is 36.7 Å². The van der Waals surface area contributed by atoms with Crippen molar-refractivity contribution in [2.75, 3.05) is 0 Å². The number of nitrogens with zero attached hydrogens (tertiary/aromatic N) is 2. The minimum Gasteiger partial charge on any atom is -0.256 e. The Hall–Kier alpha value is -2.70. The molecule has 3 heteroatoms. The van der Waals surface area contributed by atoms with Gasteiger partial charge in [-0.3, -0.25) is 4.98 Å². The summed E-state index contributed by atoms with van der Waals surface area (Å²) in [6.07, 6.45) is 7.51. The van der Waals surface area contributed by atoms with Gasteiger partial charge in [0, 0.05) is 23.2 Å². The molecular formula is C24H22N2S. The quantitative estimate of drug-likeness (QED) is 0.542. The molecule has 1 aliphatic rings. The third-order valence-electron chi connectivity index (χ3n) is 5.76. The van der Waals surface area contributed by atoms with Crippen LogP contribution < -0.4 is 0 Å². The first kappa shape index (κ1) is 17.7. The molecule has 0 amide bonds. The molecule has 0 saturated heterocycles. The standard InChI is InChI=1S/C24H22N2S/c1-16-11-20-14-27-15-24(20)22(17(16)2)10-9-21-8-7-19(13-26-21)23-6-4-3-5-18(23)12-25/h3-10,13-17,22H,11H2,1-2H3/b10-9+. The smallest absolute Gasteiger partial charge is 0.0998 e. The highest BCUT2D eigenvalue weighted by Crippen LogP contribution is 2.42. The van der Waals surface area contributed by atoms with Crippen molar-refractivity contribution in [2.45, 2.75) is 26.2 Å². The molecule has 1 aliphatic carbocycles. The number of hydrogen-bond acceptors (Lipinski definition) is 3. The van der Waals surface area contributed by atoms with Crippen LogP contribution in [0, 0.1) is 23.2 Å². The van der Waals surface area contributed by atoms with Gasteiger partial charge in [-0.15, -0.1) is 0 Å². The van der Waals surface area contributed by atoms with Crippen molar-refractivity contribution in [1.82, 2.24) is 4.98 Å². The van der Waals surface area contributed by atoms with Crippen LogP contribution in [0.5, 0.6) is 0 Å². The predicted molar refractivity (Wildman–Crippen MR) is 113 cm³/mol. The largest absolute Gasteiger partial charge is 0.256 e. The van der Waals surface area contributed by atoms with Crippen LogP contribution in [-0.4, -0.2) is 4.98 Å². The molecule has 134 valence electrons. The normalized spacial score (nSPS) is 21.7. The number of allylic oxidation sites excluding steroid dienone is 1. The summed E-state index contributed by atoms with van der Waals surface area (Å²) in [5.74, 6) is 1.78. The first-order chi connectivity index (χ1) is 13.2. The van der Waals surface area contributed by atoms with Gasteiger partial charge in [-0.2, -0.15) is 16.6 Å². The highest BCUT2D eigenvalue weighted by atomic mass is 32.1. The zero-order valence-electron chi connectivity index (χ0n) is 15.6. The van der Waals surface area contributed by atoms with E-state index in [0.29, 0.717) is 23.3 Å². The van der Waals surface area contributed by atoms with E-state index in [2.05, 4.69) is 47.8 Å². The predicted octanol–water partition coefficient (Wildman–Crippen LogP) is 6.31. The number of hydrogen-bond donors (Lipinski definition) is 0. The van der Waals surface area contributed by atoms with Crippen LogP contribution in [-0.2, 0) is 6.42 Å². The van der Waals surface area contributed by atoms with E-state index in [1.165, 1.54) is 17.5 Å². The van der Waals surface area contributed by atoms with Gasteiger partial charge in [0.25, 0.3) is 0 Å². The summed E-state index contributed by atoms with van der Waals surface area (Å²) in [5.41, 5.74) is 6.54. The molecule has 0 fully saturated rings. The summed E-state index contributed by atoms with van der Waals surface area (Å²) in [4.78, 5) is 4.61.